The molecule has 1 saturated heterocycles. The van der Waals surface area contributed by atoms with Crippen LogP contribution in [0.3, 0.4) is 0 Å². The molecule has 1 fully saturated rings. The molecule has 2 heterocycles. The van der Waals surface area contributed by atoms with Crippen molar-refractivity contribution in [1.29, 1.82) is 0 Å². The number of phenolic OH excluding ortho intramolecular Hbond substituents is 1. The van der Waals surface area contributed by atoms with Crippen molar-refractivity contribution in [1.82, 2.24) is 24.8 Å². The van der Waals surface area contributed by atoms with E-state index in [1.807, 2.05) is 90.3 Å². The topological polar surface area (TPSA) is 104 Å². The molecule has 3 amide bonds. The highest BCUT2D eigenvalue weighted by Crippen LogP contribution is 2.31. The summed E-state index contributed by atoms with van der Waals surface area (Å²) < 4.78 is 5.03. The maximum Gasteiger partial charge on any atom is 0.328 e. The van der Waals surface area contributed by atoms with Crippen LogP contribution in [0.5, 0.6) is 11.5 Å². The molecule has 0 spiro atoms. The first-order valence-corrected chi connectivity index (χ1v) is 13.0. The molecule has 5 rings (SSSR count). The van der Waals surface area contributed by atoms with Crippen LogP contribution in [0.4, 0.5) is 10.5 Å². The number of aromatic hydroxyl groups is 1. The molecule has 4 aromatic rings. The van der Waals surface area contributed by atoms with Crippen LogP contribution in [0, 0.1) is 6.92 Å². The number of carbonyl (C=O) groups excluding carboxylic acids is 2. The van der Waals surface area contributed by atoms with Gasteiger partial charge in [0, 0.05) is 30.9 Å². The highest BCUT2D eigenvalue weighted by molar-refractivity contribution is 6.02. The van der Waals surface area contributed by atoms with Gasteiger partial charge in [0.25, 0.3) is 5.91 Å². The quantitative estimate of drug-likeness (QED) is 0.361. The minimum Gasteiger partial charge on any atom is -0.505 e. The monoisotopic (exact) mass is 544 g/mol. The normalized spacial score (nSPS) is 13.5. The van der Waals surface area contributed by atoms with Gasteiger partial charge in [0.05, 0.1) is 13.7 Å². The maximum atomic E-state index is 12.8. The molecule has 10 nitrogen and oxygen atoms in total. The van der Waals surface area contributed by atoms with Crippen molar-refractivity contribution in [3.05, 3.63) is 71.8 Å². The highest BCUT2D eigenvalue weighted by Gasteiger charge is 2.42. The van der Waals surface area contributed by atoms with Gasteiger partial charge in [-0.1, -0.05) is 18.2 Å². The van der Waals surface area contributed by atoms with Crippen molar-refractivity contribution in [2.75, 3.05) is 32.6 Å². The van der Waals surface area contributed by atoms with Crippen molar-refractivity contribution in [2.24, 2.45) is 0 Å². The first-order chi connectivity index (χ1) is 18.9. The Morgan fingerprint density at radius 2 is 1.57 bits per heavy atom. The van der Waals surface area contributed by atoms with Gasteiger partial charge in [0.15, 0.2) is 0 Å². The second-order valence-corrected chi connectivity index (χ2v) is 10.9. The predicted octanol–water partition coefficient (Wildman–Crippen LogP) is 4.76. The number of phenols is 1. The van der Waals surface area contributed by atoms with Crippen LogP contribution in [-0.4, -0.2) is 75.1 Å². The minimum atomic E-state index is -0.595. The minimum absolute atomic E-state index is 0.00892. The molecule has 40 heavy (non-hydrogen) atoms. The number of fused-ring (bicyclic) bond motifs is 1. The van der Waals surface area contributed by atoms with Crippen molar-refractivity contribution in [2.45, 2.75) is 39.8 Å². The van der Waals surface area contributed by atoms with Crippen LogP contribution in [-0.2, 0) is 11.3 Å². The standard InChI is InChI=1S/C21H23N5O3.C9H13NO/c1-13-9-14(11-24-12-18(27)25(20(24)29)21(2,3)4)19(28)17(10-13)26-22-15-7-5-6-8-16(15)23-26;1-10(2)8-4-6-9(11-3)7-5-8/h5-10,28H,11-12H2,1-4H3;4-7H,1-3H3. The summed E-state index contributed by atoms with van der Waals surface area (Å²) in [7, 11) is 5.70. The number of rotatable bonds is 5. The van der Waals surface area contributed by atoms with Crippen molar-refractivity contribution in [3.63, 3.8) is 0 Å². The lowest BCUT2D eigenvalue weighted by Crippen LogP contribution is -2.46. The van der Waals surface area contributed by atoms with E-state index in [0.717, 1.165) is 22.3 Å². The Hall–Kier alpha value is -4.60. The van der Waals surface area contributed by atoms with E-state index in [4.69, 9.17) is 4.74 Å². The van der Waals surface area contributed by atoms with E-state index in [1.165, 1.54) is 20.3 Å². The van der Waals surface area contributed by atoms with Gasteiger partial charge in [-0.05, 0) is 75.7 Å². The van der Waals surface area contributed by atoms with Gasteiger partial charge in [0.2, 0.25) is 0 Å². The molecule has 0 aliphatic carbocycles. The molecule has 1 aliphatic heterocycles. The van der Waals surface area contributed by atoms with Gasteiger partial charge in [-0.25, -0.2) is 4.79 Å². The molecular formula is C30H36N6O4. The van der Waals surface area contributed by atoms with Gasteiger partial charge in [-0.15, -0.1) is 15.0 Å². The predicted molar refractivity (Wildman–Crippen MR) is 155 cm³/mol. The fourth-order valence-electron chi connectivity index (χ4n) is 4.49. The number of nitrogens with zero attached hydrogens (tertiary/aromatic N) is 6. The lowest BCUT2D eigenvalue weighted by Gasteiger charge is -2.29. The van der Waals surface area contributed by atoms with Crippen molar-refractivity contribution < 1.29 is 19.4 Å². The molecule has 0 saturated carbocycles. The van der Waals surface area contributed by atoms with Crippen molar-refractivity contribution in [3.8, 4) is 17.2 Å². The van der Waals surface area contributed by atoms with Crippen LogP contribution in [0.15, 0.2) is 60.7 Å². The molecule has 210 valence electrons. The molecule has 1 N–H and O–H groups in total. The molecule has 0 unspecified atom stereocenters. The molecular weight excluding hydrogens is 508 g/mol. The highest BCUT2D eigenvalue weighted by atomic mass is 16.5. The summed E-state index contributed by atoms with van der Waals surface area (Å²) in [4.78, 5) is 31.3. The van der Waals surface area contributed by atoms with Crippen LogP contribution >= 0.6 is 0 Å². The molecule has 10 heteroatoms. The smallest absolute Gasteiger partial charge is 0.328 e. The largest absolute Gasteiger partial charge is 0.505 e. The summed E-state index contributed by atoms with van der Waals surface area (Å²) in [5, 5.41) is 19.8. The molecule has 0 atom stereocenters. The summed E-state index contributed by atoms with van der Waals surface area (Å²) in [6.45, 7) is 7.48. The fourth-order valence-corrected chi connectivity index (χ4v) is 4.49. The zero-order valence-corrected chi connectivity index (χ0v) is 24.0. The number of imide groups is 1. The average molecular weight is 545 g/mol. The Morgan fingerprint density at radius 3 is 2.08 bits per heavy atom. The zero-order chi connectivity index (χ0) is 29.2. The van der Waals surface area contributed by atoms with E-state index in [0.29, 0.717) is 11.3 Å². The maximum absolute atomic E-state index is 12.8. The molecule has 1 aromatic heterocycles. The summed E-state index contributed by atoms with van der Waals surface area (Å²) >= 11 is 0. The molecule has 0 radical (unpaired) electrons. The lowest BCUT2D eigenvalue weighted by molar-refractivity contribution is -0.128. The summed E-state index contributed by atoms with van der Waals surface area (Å²) in [5.74, 6) is 0.649. The van der Waals surface area contributed by atoms with Crippen LogP contribution < -0.4 is 9.64 Å². The number of urea groups is 1. The van der Waals surface area contributed by atoms with Gasteiger partial charge in [0.1, 0.15) is 34.8 Å². The average Bonchev–Trinajstić information content (AvgIpc) is 3.46. The van der Waals surface area contributed by atoms with Gasteiger partial charge < -0.3 is 19.6 Å². The van der Waals surface area contributed by atoms with E-state index in [-0.39, 0.29) is 30.8 Å². The third-order valence-corrected chi connectivity index (χ3v) is 6.47. The Labute approximate surface area is 234 Å². The van der Waals surface area contributed by atoms with Gasteiger partial charge in [-0.2, -0.15) is 0 Å². The van der Waals surface area contributed by atoms with Crippen LogP contribution in [0.1, 0.15) is 31.9 Å². The number of anilines is 1. The first kappa shape index (κ1) is 28.4. The second-order valence-electron chi connectivity index (χ2n) is 10.9. The number of aryl methyl sites for hydroxylation is 1. The van der Waals surface area contributed by atoms with E-state index in [2.05, 4.69) is 15.1 Å². The van der Waals surface area contributed by atoms with E-state index in [1.54, 1.807) is 19.2 Å². The third-order valence-electron chi connectivity index (χ3n) is 6.47. The Kier molecular flexibility index (Phi) is 7.99. The number of ether oxygens (including phenoxy) is 1. The molecule has 1 aliphatic rings. The summed E-state index contributed by atoms with van der Waals surface area (Å²) in [5.41, 5.74) is 3.89. The number of aromatic nitrogens is 3. The number of hydrogen-bond acceptors (Lipinski definition) is 7. The summed E-state index contributed by atoms with van der Waals surface area (Å²) in [6, 6.07) is 18.6. The number of methoxy groups -OCH3 is 1. The molecule has 3 aromatic carbocycles. The Balaban J connectivity index is 0.000000283. The number of carbonyl (C=O) groups is 2. The van der Waals surface area contributed by atoms with E-state index in [9.17, 15) is 14.7 Å². The fraction of sp³-hybridized carbons (Fsp3) is 0.333. The third kappa shape index (κ3) is 6.01. The second kappa shape index (κ2) is 11.3. The SMILES string of the molecule is COc1ccc(N(C)C)cc1.Cc1cc(CN2CC(=O)N(C(C)(C)C)C2=O)c(O)c(-n2nc3ccccc3n2)c1. The number of amides is 3. The van der Waals surface area contributed by atoms with Gasteiger partial charge in [-0.3, -0.25) is 9.69 Å². The number of benzene rings is 3. The first-order valence-electron chi connectivity index (χ1n) is 13.0. The molecule has 0 bridgehead atoms. The Morgan fingerprint density at radius 1 is 0.975 bits per heavy atom. The Bertz CT molecular complexity index is 1490. The van der Waals surface area contributed by atoms with Crippen LogP contribution in [0.25, 0.3) is 16.7 Å². The van der Waals surface area contributed by atoms with E-state index < -0.39 is 5.54 Å². The van der Waals surface area contributed by atoms with Crippen molar-refractivity contribution >= 4 is 28.7 Å². The van der Waals surface area contributed by atoms with Gasteiger partial charge >= 0.3 is 6.03 Å². The van der Waals surface area contributed by atoms with Crippen LogP contribution in [0.2, 0.25) is 0 Å². The number of hydrogen-bond donors (Lipinski definition) is 1. The lowest BCUT2D eigenvalue weighted by atomic mass is 10.1. The van der Waals surface area contributed by atoms with E-state index >= 15 is 0 Å². The summed E-state index contributed by atoms with van der Waals surface area (Å²) in [6.07, 6.45) is 0. The zero-order valence-electron chi connectivity index (χ0n) is 24.0.